The molecule has 1 aliphatic rings. The molecule has 37 heavy (non-hydrogen) atoms. The quantitative estimate of drug-likeness (QED) is 0.474. The summed E-state index contributed by atoms with van der Waals surface area (Å²) >= 11 is 0. The van der Waals surface area contributed by atoms with E-state index >= 15 is 0 Å². The van der Waals surface area contributed by atoms with Crippen molar-refractivity contribution in [1.29, 1.82) is 0 Å². The molecule has 194 valence electrons. The molecule has 1 saturated heterocycles. The predicted molar refractivity (Wildman–Crippen MR) is 134 cm³/mol. The minimum absolute atomic E-state index is 0.0783. The molecule has 1 aromatic heterocycles. The number of piperidine rings is 1. The van der Waals surface area contributed by atoms with E-state index in [1.165, 1.54) is 17.0 Å². The lowest BCUT2D eigenvalue weighted by atomic mass is 9.98. The van der Waals surface area contributed by atoms with Gasteiger partial charge < -0.3 is 9.64 Å². The van der Waals surface area contributed by atoms with Crippen molar-refractivity contribution < 1.29 is 18.7 Å². The van der Waals surface area contributed by atoms with Crippen LogP contribution in [0.1, 0.15) is 46.9 Å². The first kappa shape index (κ1) is 26.0. The normalized spacial score (nSPS) is 15.5. The number of carbonyl (C=O) groups excluding carboxylic acids is 2. The van der Waals surface area contributed by atoms with Crippen LogP contribution in [0.4, 0.5) is 4.39 Å². The minimum Gasteiger partial charge on any atom is -0.466 e. The standard InChI is InChI=1S/C27H29FN4O5/c1-4-37-26(35)20-9-6-12-30(16-20)24(33)23-25(34)31(15-19-8-5-7-17(2)13-19)27(36)32(29-23)21-11-10-18(3)22(28)14-21/h5,7-8,10-11,13-14,20H,4,6,9,12,15-16H2,1-3H3/t20-/m1/s1. The van der Waals surface area contributed by atoms with E-state index in [1.807, 2.05) is 19.1 Å². The van der Waals surface area contributed by atoms with Gasteiger partial charge >= 0.3 is 11.7 Å². The summed E-state index contributed by atoms with van der Waals surface area (Å²) in [6.07, 6.45) is 1.12. The summed E-state index contributed by atoms with van der Waals surface area (Å²) in [5.74, 6) is -2.16. The lowest BCUT2D eigenvalue weighted by Crippen LogP contribution is -2.49. The fourth-order valence-electron chi connectivity index (χ4n) is 4.43. The molecule has 10 heteroatoms. The van der Waals surface area contributed by atoms with Crippen LogP contribution in [0, 0.1) is 25.6 Å². The lowest BCUT2D eigenvalue weighted by Gasteiger charge is -2.31. The number of likely N-dealkylation sites (tertiary alicyclic amines) is 1. The number of halogens is 1. The Hall–Kier alpha value is -4.08. The number of aryl methyl sites for hydroxylation is 2. The molecule has 2 aromatic carbocycles. The van der Waals surface area contributed by atoms with Gasteiger partial charge in [-0.05, 0) is 50.8 Å². The highest BCUT2D eigenvalue weighted by Crippen LogP contribution is 2.19. The number of esters is 1. The van der Waals surface area contributed by atoms with Gasteiger partial charge in [0.25, 0.3) is 11.5 Å². The van der Waals surface area contributed by atoms with Crippen LogP contribution in [-0.4, -0.2) is 50.8 Å². The number of aromatic nitrogens is 3. The molecule has 1 aliphatic heterocycles. The Morgan fingerprint density at radius 2 is 1.92 bits per heavy atom. The second kappa shape index (κ2) is 10.9. The van der Waals surface area contributed by atoms with Gasteiger partial charge in [0, 0.05) is 19.2 Å². The number of ether oxygens (including phenoxy) is 1. The Morgan fingerprint density at radius 3 is 2.62 bits per heavy atom. The molecular weight excluding hydrogens is 479 g/mol. The first-order valence-electron chi connectivity index (χ1n) is 12.2. The zero-order valence-corrected chi connectivity index (χ0v) is 21.1. The van der Waals surface area contributed by atoms with E-state index in [-0.39, 0.29) is 25.4 Å². The molecule has 1 fully saturated rings. The van der Waals surface area contributed by atoms with Crippen LogP contribution in [0.15, 0.2) is 52.1 Å². The monoisotopic (exact) mass is 508 g/mol. The van der Waals surface area contributed by atoms with Gasteiger partial charge in [0.05, 0.1) is 24.8 Å². The van der Waals surface area contributed by atoms with Crippen LogP contribution in [0.3, 0.4) is 0 Å². The average Bonchev–Trinajstić information content (AvgIpc) is 2.88. The summed E-state index contributed by atoms with van der Waals surface area (Å²) in [5, 5.41) is 4.11. The van der Waals surface area contributed by atoms with E-state index in [9.17, 15) is 23.6 Å². The van der Waals surface area contributed by atoms with Crippen molar-refractivity contribution in [1.82, 2.24) is 19.2 Å². The Labute approximate surface area is 213 Å². The van der Waals surface area contributed by atoms with E-state index in [4.69, 9.17) is 4.74 Å². The van der Waals surface area contributed by atoms with Crippen molar-refractivity contribution in [3.63, 3.8) is 0 Å². The van der Waals surface area contributed by atoms with Gasteiger partial charge in [-0.25, -0.2) is 9.18 Å². The Bertz CT molecular complexity index is 1460. The predicted octanol–water partition coefficient (Wildman–Crippen LogP) is 2.61. The van der Waals surface area contributed by atoms with Crippen molar-refractivity contribution in [3.8, 4) is 5.69 Å². The van der Waals surface area contributed by atoms with Gasteiger partial charge in [0.2, 0.25) is 5.69 Å². The maximum absolute atomic E-state index is 14.4. The minimum atomic E-state index is -0.849. The number of nitrogens with zero attached hydrogens (tertiary/aromatic N) is 4. The maximum Gasteiger partial charge on any atom is 0.352 e. The van der Waals surface area contributed by atoms with Crippen LogP contribution in [0.5, 0.6) is 0 Å². The van der Waals surface area contributed by atoms with Crippen LogP contribution < -0.4 is 11.2 Å². The summed E-state index contributed by atoms with van der Waals surface area (Å²) in [6.45, 7) is 5.72. The van der Waals surface area contributed by atoms with Gasteiger partial charge in [-0.15, -0.1) is 0 Å². The molecular formula is C27H29FN4O5. The Morgan fingerprint density at radius 1 is 1.14 bits per heavy atom. The van der Waals surface area contributed by atoms with Gasteiger partial charge in [0.15, 0.2) is 0 Å². The first-order valence-corrected chi connectivity index (χ1v) is 12.2. The largest absolute Gasteiger partial charge is 0.466 e. The van der Waals surface area contributed by atoms with Gasteiger partial charge in [-0.2, -0.15) is 9.78 Å². The summed E-state index contributed by atoms with van der Waals surface area (Å²) in [6, 6.07) is 11.4. The third-order valence-electron chi connectivity index (χ3n) is 6.41. The van der Waals surface area contributed by atoms with Crippen LogP contribution >= 0.6 is 0 Å². The van der Waals surface area contributed by atoms with Crippen molar-refractivity contribution in [2.45, 2.75) is 40.2 Å². The fourth-order valence-corrected chi connectivity index (χ4v) is 4.43. The number of rotatable bonds is 6. The van der Waals surface area contributed by atoms with Crippen LogP contribution in [0.25, 0.3) is 5.69 Å². The van der Waals surface area contributed by atoms with E-state index in [0.29, 0.717) is 30.5 Å². The molecule has 0 N–H and O–H groups in total. The van der Waals surface area contributed by atoms with E-state index < -0.39 is 40.6 Å². The SMILES string of the molecule is CCOC(=O)[C@@H]1CCCN(C(=O)c2nn(-c3ccc(C)c(F)c3)c(=O)n(Cc3cccc(C)c3)c2=O)C1. The molecule has 4 rings (SSSR count). The Balaban J connectivity index is 1.81. The molecule has 0 saturated carbocycles. The molecule has 2 heterocycles. The molecule has 0 radical (unpaired) electrons. The molecule has 0 unspecified atom stereocenters. The average molecular weight is 509 g/mol. The van der Waals surface area contributed by atoms with E-state index in [2.05, 4.69) is 5.10 Å². The number of carbonyl (C=O) groups is 2. The second-order valence-corrected chi connectivity index (χ2v) is 9.20. The van der Waals surface area contributed by atoms with Crippen LogP contribution in [-0.2, 0) is 16.1 Å². The highest BCUT2D eigenvalue weighted by atomic mass is 19.1. The van der Waals surface area contributed by atoms with Gasteiger partial charge in [0.1, 0.15) is 5.82 Å². The first-order chi connectivity index (χ1) is 17.7. The van der Waals surface area contributed by atoms with Crippen molar-refractivity contribution in [2.75, 3.05) is 19.7 Å². The summed E-state index contributed by atoms with van der Waals surface area (Å²) in [4.78, 5) is 54.0. The zero-order valence-electron chi connectivity index (χ0n) is 21.1. The van der Waals surface area contributed by atoms with E-state index in [1.54, 1.807) is 26.0 Å². The van der Waals surface area contributed by atoms with E-state index in [0.717, 1.165) is 20.9 Å². The molecule has 1 atom stereocenters. The fraction of sp³-hybridized carbons (Fsp3) is 0.370. The molecule has 0 bridgehead atoms. The number of benzene rings is 2. The van der Waals surface area contributed by atoms with Gasteiger partial charge in [-0.3, -0.25) is 19.0 Å². The molecule has 1 amide bonds. The third kappa shape index (κ3) is 5.52. The molecule has 3 aromatic rings. The third-order valence-corrected chi connectivity index (χ3v) is 6.41. The Kier molecular flexibility index (Phi) is 7.66. The smallest absolute Gasteiger partial charge is 0.352 e. The van der Waals surface area contributed by atoms with Crippen LogP contribution in [0.2, 0.25) is 0 Å². The molecule has 0 aliphatic carbocycles. The van der Waals surface area contributed by atoms with Gasteiger partial charge in [-0.1, -0.05) is 35.9 Å². The number of hydrogen-bond acceptors (Lipinski definition) is 6. The molecule has 0 spiro atoms. The summed E-state index contributed by atoms with van der Waals surface area (Å²) in [5.41, 5.74) is -0.0330. The highest BCUT2D eigenvalue weighted by molar-refractivity contribution is 5.92. The second-order valence-electron chi connectivity index (χ2n) is 9.20. The summed E-state index contributed by atoms with van der Waals surface area (Å²) in [7, 11) is 0. The highest BCUT2D eigenvalue weighted by Gasteiger charge is 2.32. The molecule has 9 nitrogen and oxygen atoms in total. The van der Waals surface area contributed by atoms with Crippen molar-refractivity contribution >= 4 is 11.9 Å². The maximum atomic E-state index is 14.4. The van der Waals surface area contributed by atoms with Crippen molar-refractivity contribution in [2.24, 2.45) is 5.92 Å². The lowest BCUT2D eigenvalue weighted by molar-refractivity contribution is -0.149. The zero-order chi connectivity index (χ0) is 26.7. The number of hydrogen-bond donors (Lipinski definition) is 0. The van der Waals surface area contributed by atoms with Crippen molar-refractivity contribution in [3.05, 3.63) is 91.5 Å². The topological polar surface area (TPSA) is 104 Å². The number of amides is 1. The summed E-state index contributed by atoms with van der Waals surface area (Å²) < 4.78 is 21.3.